The molecule has 110 valence electrons. The van der Waals surface area contributed by atoms with Crippen LogP contribution in [0.5, 0.6) is 0 Å². The second-order valence-electron chi connectivity index (χ2n) is 3.81. The van der Waals surface area contributed by atoms with Crippen molar-refractivity contribution in [1.29, 1.82) is 0 Å². The maximum absolute atomic E-state index is 11.5. The highest BCUT2D eigenvalue weighted by atomic mass is 32.2. The Morgan fingerprint density at radius 1 is 1.38 bits per heavy atom. The average molecular weight is 309 g/mol. The largest absolute Gasteiger partial charge is 0.459 e. The van der Waals surface area contributed by atoms with E-state index in [9.17, 15) is 14.4 Å². The summed E-state index contributed by atoms with van der Waals surface area (Å²) in [4.78, 5) is 36.8. The monoisotopic (exact) mass is 309 g/mol. The van der Waals surface area contributed by atoms with Gasteiger partial charge >= 0.3 is 5.91 Å². The minimum absolute atomic E-state index is 0.0495. The van der Waals surface area contributed by atoms with Crippen LogP contribution < -0.4 is 16.4 Å². The number of nitrogens with one attached hydrogen (secondary N) is 3. The first kappa shape index (κ1) is 14.8. The second kappa shape index (κ2) is 6.70. The SMILES string of the molecule is Cc1nnc(SCC(=O)NNC(=O)c2ccco2)[nH]c1=O. The molecule has 21 heavy (non-hydrogen) atoms. The molecular weight excluding hydrogens is 298 g/mol. The third-order valence-electron chi connectivity index (χ3n) is 2.24. The van der Waals surface area contributed by atoms with Crippen LogP contribution in [0.2, 0.25) is 0 Å². The molecule has 0 aliphatic rings. The Labute approximate surface area is 122 Å². The summed E-state index contributed by atoms with van der Waals surface area (Å²) in [5.74, 6) is -1.01. The molecule has 0 saturated heterocycles. The summed E-state index contributed by atoms with van der Waals surface area (Å²) in [5.41, 5.74) is 4.28. The zero-order valence-corrected chi connectivity index (χ0v) is 11.7. The van der Waals surface area contributed by atoms with E-state index in [1.165, 1.54) is 19.3 Å². The number of hydrogen-bond acceptors (Lipinski definition) is 7. The number of carbonyl (C=O) groups is 2. The lowest BCUT2D eigenvalue weighted by Crippen LogP contribution is -2.42. The van der Waals surface area contributed by atoms with E-state index in [-0.39, 0.29) is 27.9 Å². The van der Waals surface area contributed by atoms with E-state index in [1.54, 1.807) is 6.07 Å². The Hall–Kier alpha value is -2.62. The van der Waals surface area contributed by atoms with Crippen LogP contribution in [0.4, 0.5) is 0 Å². The van der Waals surface area contributed by atoms with E-state index in [0.717, 1.165) is 11.8 Å². The first-order chi connectivity index (χ1) is 10.1. The van der Waals surface area contributed by atoms with Crippen molar-refractivity contribution in [2.75, 3.05) is 5.75 Å². The number of nitrogens with zero attached hydrogens (tertiary/aromatic N) is 2. The molecule has 2 heterocycles. The molecule has 0 radical (unpaired) electrons. The molecule has 9 nitrogen and oxygen atoms in total. The molecule has 0 fully saturated rings. The van der Waals surface area contributed by atoms with Gasteiger partial charge in [-0.15, -0.1) is 10.2 Å². The number of aryl methyl sites for hydroxylation is 1. The Morgan fingerprint density at radius 3 is 2.86 bits per heavy atom. The van der Waals surface area contributed by atoms with Crippen LogP contribution >= 0.6 is 11.8 Å². The highest BCUT2D eigenvalue weighted by molar-refractivity contribution is 7.99. The number of hydrazine groups is 1. The van der Waals surface area contributed by atoms with Gasteiger partial charge in [0.25, 0.3) is 5.56 Å². The molecule has 2 aromatic rings. The molecule has 0 aliphatic heterocycles. The molecular formula is C11H11N5O4S. The first-order valence-electron chi connectivity index (χ1n) is 5.75. The lowest BCUT2D eigenvalue weighted by molar-refractivity contribution is -0.119. The van der Waals surface area contributed by atoms with E-state index >= 15 is 0 Å². The van der Waals surface area contributed by atoms with Gasteiger partial charge in [0, 0.05) is 0 Å². The Bertz CT molecular complexity index is 697. The predicted molar refractivity (Wildman–Crippen MR) is 72.4 cm³/mol. The Balaban J connectivity index is 1.78. The quantitative estimate of drug-likeness (QED) is 0.518. The smallest absolute Gasteiger partial charge is 0.305 e. The summed E-state index contributed by atoms with van der Waals surface area (Å²) < 4.78 is 4.85. The number of amides is 2. The molecule has 2 rings (SSSR count). The van der Waals surface area contributed by atoms with Crippen molar-refractivity contribution in [2.24, 2.45) is 0 Å². The molecule has 3 N–H and O–H groups in total. The van der Waals surface area contributed by atoms with Gasteiger partial charge in [-0.1, -0.05) is 11.8 Å². The number of carbonyl (C=O) groups excluding carboxylic acids is 2. The normalized spacial score (nSPS) is 10.1. The van der Waals surface area contributed by atoms with Gasteiger partial charge in [-0.05, 0) is 19.1 Å². The summed E-state index contributed by atoms with van der Waals surface area (Å²) in [6.45, 7) is 1.52. The van der Waals surface area contributed by atoms with Crippen molar-refractivity contribution in [1.82, 2.24) is 26.0 Å². The number of rotatable bonds is 4. The minimum Gasteiger partial charge on any atom is -0.459 e. The highest BCUT2D eigenvalue weighted by Crippen LogP contribution is 2.08. The van der Waals surface area contributed by atoms with Gasteiger partial charge in [0.1, 0.15) is 5.69 Å². The van der Waals surface area contributed by atoms with Crippen molar-refractivity contribution in [3.63, 3.8) is 0 Å². The summed E-state index contributed by atoms with van der Waals surface area (Å²) in [6.07, 6.45) is 1.35. The zero-order chi connectivity index (χ0) is 15.2. The van der Waals surface area contributed by atoms with Gasteiger partial charge in [-0.2, -0.15) is 0 Å². The lowest BCUT2D eigenvalue weighted by atomic mass is 10.4. The molecule has 2 aromatic heterocycles. The summed E-state index contributed by atoms with van der Waals surface area (Å²) in [6, 6.07) is 3.02. The highest BCUT2D eigenvalue weighted by Gasteiger charge is 2.10. The zero-order valence-electron chi connectivity index (χ0n) is 10.9. The number of hydrogen-bond donors (Lipinski definition) is 3. The van der Waals surface area contributed by atoms with Gasteiger partial charge in [-0.3, -0.25) is 30.2 Å². The van der Waals surface area contributed by atoms with Crippen molar-refractivity contribution >= 4 is 23.6 Å². The van der Waals surface area contributed by atoms with Crippen LogP contribution in [0.25, 0.3) is 0 Å². The minimum atomic E-state index is -0.568. The third kappa shape index (κ3) is 4.18. The third-order valence-corrected chi connectivity index (χ3v) is 3.10. The van der Waals surface area contributed by atoms with Crippen LogP contribution in [0, 0.1) is 6.92 Å². The van der Waals surface area contributed by atoms with Crippen molar-refractivity contribution < 1.29 is 14.0 Å². The standard InChI is InChI=1S/C11H11N5O4S/c1-6-9(18)12-11(16-13-6)21-5-8(17)14-15-10(19)7-3-2-4-20-7/h2-4H,5H2,1H3,(H,14,17)(H,15,19)(H,12,16,18). The Kier molecular flexibility index (Phi) is 4.72. The molecule has 0 unspecified atom stereocenters. The van der Waals surface area contributed by atoms with E-state index < -0.39 is 11.8 Å². The maximum atomic E-state index is 11.5. The van der Waals surface area contributed by atoms with E-state index in [4.69, 9.17) is 4.42 Å². The van der Waals surface area contributed by atoms with Crippen LogP contribution in [0.3, 0.4) is 0 Å². The van der Waals surface area contributed by atoms with Crippen molar-refractivity contribution in [3.05, 3.63) is 40.2 Å². The Morgan fingerprint density at radius 2 is 2.19 bits per heavy atom. The fourth-order valence-corrected chi connectivity index (χ4v) is 1.81. The van der Waals surface area contributed by atoms with Gasteiger partial charge in [0.05, 0.1) is 12.0 Å². The molecule has 0 aromatic carbocycles. The van der Waals surface area contributed by atoms with Crippen LogP contribution in [0.1, 0.15) is 16.2 Å². The fourth-order valence-electron chi connectivity index (χ4n) is 1.21. The molecule has 0 aliphatic carbocycles. The van der Waals surface area contributed by atoms with Crippen LogP contribution in [-0.2, 0) is 4.79 Å². The summed E-state index contributed by atoms with van der Waals surface area (Å²) in [5, 5.41) is 7.58. The summed E-state index contributed by atoms with van der Waals surface area (Å²) in [7, 11) is 0. The van der Waals surface area contributed by atoms with Gasteiger partial charge < -0.3 is 4.42 Å². The van der Waals surface area contributed by atoms with Crippen LogP contribution in [-0.4, -0.2) is 32.7 Å². The van der Waals surface area contributed by atoms with Gasteiger partial charge in [0.2, 0.25) is 5.91 Å². The fraction of sp³-hybridized carbons (Fsp3) is 0.182. The number of aromatic amines is 1. The van der Waals surface area contributed by atoms with Crippen molar-refractivity contribution in [2.45, 2.75) is 12.1 Å². The van der Waals surface area contributed by atoms with Gasteiger partial charge in [-0.25, -0.2) is 0 Å². The molecule has 0 bridgehead atoms. The molecule has 0 atom stereocenters. The first-order valence-corrected chi connectivity index (χ1v) is 6.74. The molecule has 2 amide bonds. The molecule has 10 heteroatoms. The summed E-state index contributed by atoms with van der Waals surface area (Å²) >= 11 is 0.985. The van der Waals surface area contributed by atoms with E-state index in [2.05, 4.69) is 26.0 Å². The number of thioether (sulfide) groups is 1. The van der Waals surface area contributed by atoms with Crippen molar-refractivity contribution in [3.8, 4) is 0 Å². The van der Waals surface area contributed by atoms with E-state index in [1.807, 2.05) is 0 Å². The number of furan rings is 1. The van der Waals surface area contributed by atoms with Crippen LogP contribution in [0.15, 0.2) is 32.8 Å². The maximum Gasteiger partial charge on any atom is 0.305 e. The average Bonchev–Trinajstić information content (AvgIpc) is 3.00. The lowest BCUT2D eigenvalue weighted by Gasteiger charge is -2.05. The topological polar surface area (TPSA) is 130 Å². The molecule has 0 spiro atoms. The number of aromatic nitrogens is 3. The van der Waals surface area contributed by atoms with E-state index in [0.29, 0.717) is 0 Å². The van der Waals surface area contributed by atoms with Gasteiger partial charge in [0.15, 0.2) is 10.9 Å². The number of H-pyrrole nitrogens is 1. The predicted octanol–water partition coefficient (Wildman–Crippen LogP) is -0.380. The second-order valence-corrected chi connectivity index (χ2v) is 4.78. The molecule has 0 saturated carbocycles.